The zero-order valence-corrected chi connectivity index (χ0v) is 11.0. The summed E-state index contributed by atoms with van der Waals surface area (Å²) in [6.45, 7) is 0.722. The highest BCUT2D eigenvalue weighted by Crippen LogP contribution is 2.50. The summed E-state index contributed by atoms with van der Waals surface area (Å²) < 4.78 is 11.1. The Morgan fingerprint density at radius 2 is 2.11 bits per heavy atom. The summed E-state index contributed by atoms with van der Waals surface area (Å²) in [5, 5.41) is 9.30. The Labute approximate surface area is 112 Å². The molecule has 3 rings (SSSR count). The van der Waals surface area contributed by atoms with Gasteiger partial charge in [-0.15, -0.1) is 0 Å². The van der Waals surface area contributed by atoms with Crippen LogP contribution in [0.25, 0.3) is 0 Å². The molecule has 1 aromatic rings. The van der Waals surface area contributed by atoms with Crippen molar-refractivity contribution < 1.29 is 19.4 Å². The van der Waals surface area contributed by atoms with Gasteiger partial charge in [0.2, 0.25) is 0 Å². The third kappa shape index (κ3) is 2.27. The van der Waals surface area contributed by atoms with Crippen LogP contribution in [0.15, 0.2) is 18.2 Å². The van der Waals surface area contributed by atoms with Crippen molar-refractivity contribution in [2.45, 2.75) is 31.1 Å². The summed E-state index contributed by atoms with van der Waals surface area (Å²) in [5.74, 6) is 1.27. The molecule has 1 N–H and O–H groups in total. The summed E-state index contributed by atoms with van der Waals surface area (Å²) in [6.07, 6.45) is 3.88. The van der Waals surface area contributed by atoms with Crippen molar-refractivity contribution in [1.29, 1.82) is 0 Å². The van der Waals surface area contributed by atoms with Crippen LogP contribution in [0, 0.1) is 5.92 Å². The molecule has 2 aliphatic carbocycles. The highest BCUT2D eigenvalue weighted by Gasteiger charge is 2.52. The maximum absolute atomic E-state index is 11.3. The molecule has 2 saturated carbocycles. The molecule has 0 bridgehead atoms. The van der Waals surface area contributed by atoms with Crippen LogP contribution in [-0.4, -0.2) is 24.8 Å². The van der Waals surface area contributed by atoms with Gasteiger partial charge in [0.25, 0.3) is 0 Å². The van der Waals surface area contributed by atoms with Crippen molar-refractivity contribution in [2.24, 2.45) is 5.92 Å². The predicted molar refractivity (Wildman–Crippen MR) is 69.8 cm³/mol. The van der Waals surface area contributed by atoms with E-state index in [-0.39, 0.29) is 0 Å². The van der Waals surface area contributed by atoms with Crippen molar-refractivity contribution in [3.63, 3.8) is 0 Å². The van der Waals surface area contributed by atoms with Crippen molar-refractivity contribution in [3.05, 3.63) is 23.8 Å². The second-order valence-electron chi connectivity index (χ2n) is 5.51. The molecule has 4 nitrogen and oxygen atoms in total. The average Bonchev–Trinajstić information content (AvgIpc) is 3.29. The molecule has 4 heteroatoms. The van der Waals surface area contributed by atoms with Crippen LogP contribution < -0.4 is 9.47 Å². The number of carboxylic acid groups (broad SMARTS) is 1. The van der Waals surface area contributed by atoms with Gasteiger partial charge < -0.3 is 14.6 Å². The standard InChI is InChI=1S/C15H18O4/c1-18-13-8-11(15(6-7-15)14(16)17)4-5-12(13)19-9-10-2-3-10/h4-5,8,10H,2-3,6-7,9H2,1H3,(H,16,17). The molecule has 0 saturated heterocycles. The number of hydrogen-bond donors (Lipinski definition) is 1. The molecular weight excluding hydrogens is 244 g/mol. The third-order valence-electron chi connectivity index (χ3n) is 4.05. The Balaban J connectivity index is 1.82. The van der Waals surface area contributed by atoms with E-state index in [1.54, 1.807) is 7.11 Å². The quantitative estimate of drug-likeness (QED) is 0.856. The minimum absolute atomic E-state index is 0.630. The van der Waals surface area contributed by atoms with E-state index in [0.29, 0.717) is 30.3 Å². The molecule has 0 spiro atoms. The van der Waals surface area contributed by atoms with Crippen LogP contribution in [-0.2, 0) is 10.2 Å². The normalized spacial score (nSPS) is 19.8. The van der Waals surface area contributed by atoms with Gasteiger partial charge in [-0.05, 0) is 49.3 Å². The first kappa shape index (κ1) is 12.3. The fraction of sp³-hybridized carbons (Fsp3) is 0.533. The van der Waals surface area contributed by atoms with E-state index >= 15 is 0 Å². The van der Waals surface area contributed by atoms with Gasteiger partial charge >= 0.3 is 5.97 Å². The summed E-state index contributed by atoms with van der Waals surface area (Å²) in [4.78, 5) is 11.3. The van der Waals surface area contributed by atoms with Crippen LogP contribution in [0.2, 0.25) is 0 Å². The number of hydrogen-bond acceptors (Lipinski definition) is 3. The molecule has 0 heterocycles. The fourth-order valence-corrected chi connectivity index (χ4v) is 2.33. The highest BCUT2D eigenvalue weighted by atomic mass is 16.5. The lowest BCUT2D eigenvalue weighted by Gasteiger charge is -2.15. The zero-order chi connectivity index (χ0) is 13.5. The van der Waals surface area contributed by atoms with E-state index in [1.165, 1.54) is 12.8 Å². The molecule has 0 amide bonds. The number of carbonyl (C=O) groups is 1. The Kier molecular flexibility index (Phi) is 2.88. The maximum atomic E-state index is 11.3. The van der Waals surface area contributed by atoms with Crippen LogP contribution in [0.4, 0.5) is 0 Å². The van der Waals surface area contributed by atoms with E-state index in [0.717, 1.165) is 12.2 Å². The molecular formula is C15H18O4. The minimum Gasteiger partial charge on any atom is -0.493 e. The summed E-state index contributed by atoms with van der Waals surface area (Å²) >= 11 is 0. The summed E-state index contributed by atoms with van der Waals surface area (Å²) in [7, 11) is 1.59. The fourth-order valence-electron chi connectivity index (χ4n) is 2.33. The lowest BCUT2D eigenvalue weighted by atomic mass is 9.96. The van der Waals surface area contributed by atoms with E-state index < -0.39 is 11.4 Å². The summed E-state index contributed by atoms with van der Waals surface area (Å²) in [6, 6.07) is 5.49. The van der Waals surface area contributed by atoms with Gasteiger partial charge in [-0.25, -0.2) is 0 Å². The first-order valence-corrected chi connectivity index (χ1v) is 6.70. The Morgan fingerprint density at radius 3 is 2.63 bits per heavy atom. The third-order valence-corrected chi connectivity index (χ3v) is 4.05. The molecule has 1 aromatic carbocycles. The first-order chi connectivity index (χ1) is 9.15. The van der Waals surface area contributed by atoms with Crippen LogP contribution in [0.3, 0.4) is 0 Å². The minimum atomic E-state index is -0.749. The number of rotatable bonds is 6. The van der Waals surface area contributed by atoms with Gasteiger partial charge in [0.05, 0.1) is 19.1 Å². The maximum Gasteiger partial charge on any atom is 0.314 e. The van der Waals surface area contributed by atoms with Crippen LogP contribution >= 0.6 is 0 Å². The highest BCUT2D eigenvalue weighted by molar-refractivity contribution is 5.85. The zero-order valence-electron chi connectivity index (χ0n) is 11.0. The molecule has 0 unspecified atom stereocenters. The van der Waals surface area contributed by atoms with Crippen molar-refractivity contribution in [3.8, 4) is 11.5 Å². The number of ether oxygens (including phenoxy) is 2. The van der Waals surface area contributed by atoms with E-state index in [2.05, 4.69) is 0 Å². The molecule has 102 valence electrons. The van der Waals surface area contributed by atoms with Crippen molar-refractivity contribution in [1.82, 2.24) is 0 Å². The van der Waals surface area contributed by atoms with Crippen LogP contribution in [0.5, 0.6) is 11.5 Å². The number of benzene rings is 1. The number of carboxylic acids is 1. The van der Waals surface area contributed by atoms with E-state index in [1.807, 2.05) is 18.2 Å². The monoisotopic (exact) mass is 262 g/mol. The molecule has 0 radical (unpaired) electrons. The molecule has 2 fully saturated rings. The van der Waals surface area contributed by atoms with Crippen LogP contribution in [0.1, 0.15) is 31.2 Å². The Hall–Kier alpha value is -1.71. The number of aliphatic carboxylic acids is 1. The molecule has 0 aromatic heterocycles. The van der Waals surface area contributed by atoms with Gasteiger partial charge in [0.1, 0.15) is 0 Å². The summed E-state index contributed by atoms with van der Waals surface area (Å²) in [5.41, 5.74) is 0.123. The second-order valence-corrected chi connectivity index (χ2v) is 5.51. The predicted octanol–water partition coefficient (Wildman–Crippen LogP) is 2.60. The van der Waals surface area contributed by atoms with Gasteiger partial charge in [-0.2, -0.15) is 0 Å². The average molecular weight is 262 g/mol. The Morgan fingerprint density at radius 1 is 1.37 bits per heavy atom. The molecule has 0 atom stereocenters. The van der Waals surface area contributed by atoms with E-state index in [9.17, 15) is 9.90 Å². The van der Waals surface area contributed by atoms with Gasteiger partial charge in [0.15, 0.2) is 11.5 Å². The first-order valence-electron chi connectivity index (χ1n) is 6.70. The second kappa shape index (κ2) is 4.44. The lowest BCUT2D eigenvalue weighted by molar-refractivity contribution is -0.140. The van der Waals surface area contributed by atoms with Gasteiger partial charge in [-0.3, -0.25) is 4.79 Å². The topological polar surface area (TPSA) is 55.8 Å². The smallest absolute Gasteiger partial charge is 0.314 e. The Bertz CT molecular complexity index is 501. The number of methoxy groups -OCH3 is 1. The lowest BCUT2D eigenvalue weighted by Crippen LogP contribution is -2.19. The van der Waals surface area contributed by atoms with Gasteiger partial charge in [0, 0.05) is 0 Å². The van der Waals surface area contributed by atoms with Crippen molar-refractivity contribution >= 4 is 5.97 Å². The molecule has 19 heavy (non-hydrogen) atoms. The van der Waals surface area contributed by atoms with E-state index in [4.69, 9.17) is 9.47 Å². The SMILES string of the molecule is COc1cc(C2(C(=O)O)CC2)ccc1OCC1CC1. The van der Waals surface area contributed by atoms with Gasteiger partial charge in [-0.1, -0.05) is 6.07 Å². The van der Waals surface area contributed by atoms with Crippen molar-refractivity contribution in [2.75, 3.05) is 13.7 Å². The molecule has 0 aliphatic heterocycles. The molecule has 2 aliphatic rings. The largest absolute Gasteiger partial charge is 0.493 e.